The lowest BCUT2D eigenvalue weighted by atomic mass is 10.1. The number of rotatable bonds is 2. The van der Waals surface area contributed by atoms with Crippen molar-refractivity contribution in [2.45, 2.75) is 0 Å². The molecule has 0 radical (unpaired) electrons. The molecule has 5 nitrogen and oxygen atoms in total. The van der Waals surface area contributed by atoms with Gasteiger partial charge in [0.05, 0.1) is 16.0 Å². The van der Waals surface area contributed by atoms with Gasteiger partial charge in [-0.3, -0.25) is 20.8 Å². The number of anilines is 1. The smallest absolute Gasteiger partial charge is 0.277 e. The predicted molar refractivity (Wildman–Crippen MR) is 56.0 cm³/mol. The van der Waals surface area contributed by atoms with Crippen LogP contribution < -0.4 is 5.48 Å². The van der Waals surface area contributed by atoms with Gasteiger partial charge in [0.2, 0.25) is 0 Å². The molecule has 0 heterocycles. The molecule has 0 saturated heterocycles. The number of hydrogen-bond donors (Lipinski definition) is 2. The highest BCUT2D eigenvalue weighted by molar-refractivity contribution is 5.98. The summed E-state index contributed by atoms with van der Waals surface area (Å²) in [7, 11) is 0. The van der Waals surface area contributed by atoms with Crippen LogP contribution in [-0.2, 0) is 0 Å². The molecule has 0 amide bonds. The molecular formula is C10H8N2O3. The van der Waals surface area contributed by atoms with Gasteiger partial charge in [-0.2, -0.15) is 0 Å². The quantitative estimate of drug-likeness (QED) is 0.582. The van der Waals surface area contributed by atoms with Gasteiger partial charge in [0.25, 0.3) is 5.69 Å². The van der Waals surface area contributed by atoms with E-state index in [2.05, 4.69) is 0 Å². The second-order valence-electron chi connectivity index (χ2n) is 3.05. The third-order valence-electron chi connectivity index (χ3n) is 2.22. The second kappa shape index (κ2) is 3.55. The molecule has 15 heavy (non-hydrogen) atoms. The Balaban J connectivity index is 2.82. The summed E-state index contributed by atoms with van der Waals surface area (Å²) in [6.45, 7) is 0. The first-order valence-corrected chi connectivity index (χ1v) is 4.30. The summed E-state index contributed by atoms with van der Waals surface area (Å²) in [5.74, 6) is 0. The molecule has 2 aromatic carbocycles. The summed E-state index contributed by atoms with van der Waals surface area (Å²) >= 11 is 0. The molecule has 0 bridgehead atoms. The lowest BCUT2D eigenvalue weighted by Gasteiger charge is -2.04. The van der Waals surface area contributed by atoms with Crippen molar-refractivity contribution in [3.63, 3.8) is 0 Å². The first-order chi connectivity index (χ1) is 7.24. The van der Waals surface area contributed by atoms with E-state index in [0.717, 1.165) is 0 Å². The number of fused-ring (bicyclic) bond motifs is 1. The monoisotopic (exact) mass is 204 g/mol. The SMILES string of the molecule is O=[N+]([O-])c1cccc2c(NO)cccc12. The van der Waals surface area contributed by atoms with Gasteiger partial charge in [-0.05, 0) is 12.1 Å². The van der Waals surface area contributed by atoms with Crippen LogP contribution >= 0.6 is 0 Å². The van der Waals surface area contributed by atoms with Crippen molar-refractivity contribution in [1.29, 1.82) is 0 Å². The van der Waals surface area contributed by atoms with Gasteiger partial charge < -0.3 is 0 Å². The third kappa shape index (κ3) is 1.49. The molecule has 2 N–H and O–H groups in total. The lowest BCUT2D eigenvalue weighted by Crippen LogP contribution is -1.93. The van der Waals surface area contributed by atoms with Crippen molar-refractivity contribution < 1.29 is 10.1 Å². The minimum absolute atomic E-state index is 0.0320. The van der Waals surface area contributed by atoms with Crippen molar-refractivity contribution in [2.75, 3.05) is 5.48 Å². The molecule has 0 atom stereocenters. The Labute approximate surface area is 85.1 Å². The zero-order valence-electron chi connectivity index (χ0n) is 7.68. The largest absolute Gasteiger partial charge is 0.291 e. The maximum Gasteiger partial charge on any atom is 0.277 e. The van der Waals surface area contributed by atoms with Crippen molar-refractivity contribution in [3.05, 3.63) is 46.5 Å². The average molecular weight is 204 g/mol. The van der Waals surface area contributed by atoms with Crippen molar-refractivity contribution in [1.82, 2.24) is 0 Å². The van der Waals surface area contributed by atoms with E-state index in [9.17, 15) is 10.1 Å². The van der Waals surface area contributed by atoms with Gasteiger partial charge in [-0.15, -0.1) is 0 Å². The highest BCUT2D eigenvalue weighted by Crippen LogP contribution is 2.29. The molecule has 76 valence electrons. The Morgan fingerprint density at radius 3 is 2.47 bits per heavy atom. The van der Waals surface area contributed by atoms with Crippen LogP contribution in [0.1, 0.15) is 0 Å². The Morgan fingerprint density at radius 2 is 1.80 bits per heavy atom. The van der Waals surface area contributed by atoms with Crippen LogP contribution in [0.2, 0.25) is 0 Å². The van der Waals surface area contributed by atoms with Crippen LogP contribution in [0.4, 0.5) is 11.4 Å². The Bertz CT molecular complexity index is 525. The fourth-order valence-electron chi connectivity index (χ4n) is 1.55. The fraction of sp³-hybridized carbons (Fsp3) is 0. The molecule has 0 aliphatic rings. The van der Waals surface area contributed by atoms with E-state index in [0.29, 0.717) is 16.5 Å². The topological polar surface area (TPSA) is 75.4 Å². The van der Waals surface area contributed by atoms with Crippen LogP contribution in [-0.4, -0.2) is 10.1 Å². The van der Waals surface area contributed by atoms with Gasteiger partial charge in [0.15, 0.2) is 0 Å². The molecular weight excluding hydrogens is 196 g/mol. The van der Waals surface area contributed by atoms with E-state index in [1.165, 1.54) is 6.07 Å². The van der Waals surface area contributed by atoms with Crippen LogP contribution in [0.25, 0.3) is 10.8 Å². The first kappa shape index (κ1) is 9.42. The highest BCUT2D eigenvalue weighted by Gasteiger charge is 2.12. The van der Waals surface area contributed by atoms with Crippen molar-refractivity contribution >= 4 is 22.1 Å². The molecule has 0 fully saturated rings. The van der Waals surface area contributed by atoms with E-state index in [-0.39, 0.29) is 5.69 Å². The molecule has 5 heteroatoms. The lowest BCUT2D eigenvalue weighted by molar-refractivity contribution is -0.383. The third-order valence-corrected chi connectivity index (χ3v) is 2.22. The Kier molecular flexibility index (Phi) is 2.23. The summed E-state index contributed by atoms with van der Waals surface area (Å²) in [5.41, 5.74) is 2.50. The summed E-state index contributed by atoms with van der Waals surface area (Å²) < 4.78 is 0. The zero-order valence-corrected chi connectivity index (χ0v) is 7.68. The molecule has 0 saturated carbocycles. The summed E-state index contributed by atoms with van der Waals surface area (Å²) in [6.07, 6.45) is 0. The normalized spacial score (nSPS) is 10.2. The van der Waals surface area contributed by atoms with Crippen molar-refractivity contribution in [3.8, 4) is 0 Å². The molecule has 0 aliphatic carbocycles. The number of non-ortho nitro benzene ring substituents is 1. The van der Waals surface area contributed by atoms with E-state index in [4.69, 9.17) is 5.21 Å². The number of nitro groups is 1. The van der Waals surface area contributed by atoms with Gasteiger partial charge in [0, 0.05) is 11.5 Å². The number of hydrogen-bond acceptors (Lipinski definition) is 4. The van der Waals surface area contributed by atoms with Crippen LogP contribution in [0.3, 0.4) is 0 Å². The van der Waals surface area contributed by atoms with Crippen LogP contribution in [0.5, 0.6) is 0 Å². The zero-order chi connectivity index (χ0) is 10.8. The van der Waals surface area contributed by atoms with Gasteiger partial charge in [-0.25, -0.2) is 0 Å². The van der Waals surface area contributed by atoms with E-state index in [1.54, 1.807) is 30.3 Å². The number of nitro benzene ring substituents is 1. The van der Waals surface area contributed by atoms with Crippen molar-refractivity contribution in [2.24, 2.45) is 0 Å². The second-order valence-corrected chi connectivity index (χ2v) is 3.05. The molecule has 0 spiro atoms. The van der Waals surface area contributed by atoms with E-state index >= 15 is 0 Å². The number of nitrogens with one attached hydrogen (secondary N) is 1. The predicted octanol–water partition coefficient (Wildman–Crippen LogP) is 2.55. The first-order valence-electron chi connectivity index (χ1n) is 4.30. The maximum atomic E-state index is 10.7. The Hall–Kier alpha value is -2.14. The summed E-state index contributed by atoms with van der Waals surface area (Å²) in [5, 5.41) is 20.7. The summed E-state index contributed by atoms with van der Waals surface area (Å²) in [4.78, 5) is 10.3. The highest BCUT2D eigenvalue weighted by atomic mass is 16.6. The Morgan fingerprint density at radius 1 is 1.13 bits per heavy atom. The minimum atomic E-state index is -0.441. The number of nitrogens with zero attached hydrogens (tertiary/aromatic N) is 1. The molecule has 0 aromatic heterocycles. The van der Waals surface area contributed by atoms with Crippen LogP contribution in [0.15, 0.2) is 36.4 Å². The van der Waals surface area contributed by atoms with Gasteiger partial charge >= 0.3 is 0 Å². The molecule has 0 aliphatic heterocycles. The fourth-order valence-corrected chi connectivity index (χ4v) is 1.55. The molecule has 0 unspecified atom stereocenters. The summed E-state index contributed by atoms with van der Waals surface area (Å²) in [6, 6.07) is 9.67. The van der Waals surface area contributed by atoms with E-state index < -0.39 is 4.92 Å². The maximum absolute atomic E-state index is 10.7. The number of benzene rings is 2. The minimum Gasteiger partial charge on any atom is -0.291 e. The van der Waals surface area contributed by atoms with Gasteiger partial charge in [0.1, 0.15) is 0 Å². The average Bonchev–Trinajstić information content (AvgIpc) is 2.27. The van der Waals surface area contributed by atoms with Crippen LogP contribution in [0, 0.1) is 10.1 Å². The molecule has 2 aromatic rings. The van der Waals surface area contributed by atoms with E-state index in [1.807, 2.05) is 5.48 Å². The van der Waals surface area contributed by atoms with Gasteiger partial charge in [-0.1, -0.05) is 18.2 Å². The standard InChI is InChI=1S/C10H8N2O3/c13-11-9-5-1-4-8-7(9)3-2-6-10(8)12(14)15/h1-6,11,13H. The molecule has 2 rings (SSSR count).